The van der Waals surface area contributed by atoms with Crippen molar-refractivity contribution in [2.24, 2.45) is 0 Å². The van der Waals surface area contributed by atoms with Crippen LogP contribution in [0.2, 0.25) is 0 Å². The first-order valence-electron chi connectivity index (χ1n) is 9.39. The van der Waals surface area contributed by atoms with Gasteiger partial charge in [-0.3, -0.25) is 4.79 Å². The summed E-state index contributed by atoms with van der Waals surface area (Å²) in [4.78, 5) is 25.7. The monoisotopic (exact) mass is 497 g/mol. The summed E-state index contributed by atoms with van der Waals surface area (Å²) >= 11 is 2.24. The van der Waals surface area contributed by atoms with E-state index in [1.807, 2.05) is 72.8 Å². The van der Waals surface area contributed by atoms with Gasteiger partial charge < -0.3 is 10.1 Å². The molecule has 0 spiro atoms. The molecule has 4 nitrogen and oxygen atoms in total. The summed E-state index contributed by atoms with van der Waals surface area (Å²) in [6, 6.07) is 23.0. The molecule has 0 heterocycles. The Kier molecular flexibility index (Phi) is 5.67. The highest BCUT2D eigenvalue weighted by atomic mass is 127. The van der Waals surface area contributed by atoms with Crippen LogP contribution in [-0.2, 0) is 20.7 Å². The first-order chi connectivity index (χ1) is 14.1. The molecule has 1 amide bonds. The van der Waals surface area contributed by atoms with E-state index < -0.39 is 17.9 Å². The smallest absolute Gasteiger partial charge is 0.328 e. The lowest BCUT2D eigenvalue weighted by molar-refractivity contribution is -0.145. The number of hydrogen-bond acceptors (Lipinski definition) is 3. The number of benzene rings is 3. The van der Waals surface area contributed by atoms with Crippen LogP contribution in [0.15, 0.2) is 72.8 Å². The number of halogens is 1. The molecule has 0 unspecified atom stereocenters. The zero-order chi connectivity index (χ0) is 20.4. The van der Waals surface area contributed by atoms with Crippen LogP contribution in [0, 0.1) is 3.57 Å². The first-order valence-corrected chi connectivity index (χ1v) is 10.5. The van der Waals surface area contributed by atoms with Crippen molar-refractivity contribution < 1.29 is 14.3 Å². The van der Waals surface area contributed by atoms with Crippen LogP contribution >= 0.6 is 22.6 Å². The maximum Gasteiger partial charge on any atom is 0.328 e. The molecule has 29 heavy (non-hydrogen) atoms. The van der Waals surface area contributed by atoms with Crippen molar-refractivity contribution in [2.75, 3.05) is 7.11 Å². The Morgan fingerprint density at radius 3 is 2.03 bits per heavy atom. The molecule has 5 heteroatoms. The Balaban J connectivity index is 1.62. The summed E-state index contributed by atoms with van der Waals surface area (Å²) in [6.45, 7) is 0. The van der Waals surface area contributed by atoms with Crippen molar-refractivity contribution in [2.45, 2.75) is 18.4 Å². The average Bonchev–Trinajstić information content (AvgIpc) is 3.09. The molecular formula is C24H20INO3. The van der Waals surface area contributed by atoms with Gasteiger partial charge in [0.05, 0.1) is 13.0 Å². The Morgan fingerprint density at radius 2 is 1.48 bits per heavy atom. The maximum atomic E-state index is 13.3. The lowest BCUT2D eigenvalue weighted by atomic mass is 9.95. The van der Waals surface area contributed by atoms with Crippen LogP contribution in [0.3, 0.4) is 0 Å². The topological polar surface area (TPSA) is 55.4 Å². The first kappa shape index (κ1) is 19.6. The average molecular weight is 497 g/mol. The third-order valence-electron chi connectivity index (χ3n) is 5.25. The second-order valence-corrected chi connectivity index (χ2v) is 8.27. The van der Waals surface area contributed by atoms with Crippen molar-refractivity contribution in [1.82, 2.24) is 5.32 Å². The number of esters is 1. The van der Waals surface area contributed by atoms with Gasteiger partial charge in [0.25, 0.3) is 0 Å². The van der Waals surface area contributed by atoms with Crippen molar-refractivity contribution >= 4 is 34.5 Å². The zero-order valence-electron chi connectivity index (χ0n) is 15.9. The van der Waals surface area contributed by atoms with E-state index in [2.05, 4.69) is 27.9 Å². The van der Waals surface area contributed by atoms with E-state index in [1.165, 1.54) is 7.11 Å². The molecule has 0 bridgehead atoms. The van der Waals surface area contributed by atoms with Crippen LogP contribution in [0.5, 0.6) is 0 Å². The fraction of sp³-hybridized carbons (Fsp3) is 0.167. The lowest BCUT2D eigenvalue weighted by Gasteiger charge is -2.20. The predicted octanol–water partition coefficient (Wildman–Crippen LogP) is 4.30. The highest BCUT2D eigenvalue weighted by Crippen LogP contribution is 2.44. The molecule has 1 aliphatic carbocycles. The van der Waals surface area contributed by atoms with Crippen LogP contribution in [0.25, 0.3) is 11.1 Å². The molecule has 1 aliphatic rings. The summed E-state index contributed by atoms with van der Waals surface area (Å²) in [5.41, 5.74) is 5.02. The molecule has 0 saturated carbocycles. The highest BCUT2D eigenvalue weighted by molar-refractivity contribution is 14.1. The summed E-state index contributed by atoms with van der Waals surface area (Å²) in [5, 5.41) is 2.94. The molecule has 146 valence electrons. The van der Waals surface area contributed by atoms with E-state index in [-0.39, 0.29) is 5.91 Å². The van der Waals surface area contributed by atoms with E-state index in [4.69, 9.17) is 4.74 Å². The molecule has 4 rings (SSSR count). The quantitative estimate of drug-likeness (QED) is 0.423. The van der Waals surface area contributed by atoms with Gasteiger partial charge in [-0.25, -0.2) is 4.79 Å². The largest absolute Gasteiger partial charge is 0.467 e. The van der Waals surface area contributed by atoms with Gasteiger partial charge in [0, 0.05) is 9.99 Å². The molecule has 3 aromatic rings. The maximum absolute atomic E-state index is 13.3. The van der Waals surface area contributed by atoms with Gasteiger partial charge in [0.1, 0.15) is 6.04 Å². The minimum atomic E-state index is -0.743. The highest BCUT2D eigenvalue weighted by Gasteiger charge is 2.35. The number of amides is 1. The van der Waals surface area contributed by atoms with Gasteiger partial charge in [-0.05, 0) is 62.5 Å². The van der Waals surface area contributed by atoms with Crippen molar-refractivity contribution in [1.29, 1.82) is 0 Å². The summed E-state index contributed by atoms with van der Waals surface area (Å²) < 4.78 is 6.07. The van der Waals surface area contributed by atoms with Gasteiger partial charge in [0.2, 0.25) is 5.91 Å². The number of ether oxygens (including phenoxy) is 1. The predicted molar refractivity (Wildman–Crippen MR) is 121 cm³/mol. The van der Waals surface area contributed by atoms with Crippen molar-refractivity contribution in [3.05, 3.63) is 93.1 Å². The van der Waals surface area contributed by atoms with Crippen molar-refractivity contribution in [3.63, 3.8) is 0 Å². The number of fused-ring (bicyclic) bond motifs is 3. The number of carbonyl (C=O) groups is 2. The minimum absolute atomic E-state index is 0.191. The van der Waals surface area contributed by atoms with Crippen LogP contribution in [0.1, 0.15) is 22.6 Å². The second-order valence-electron chi connectivity index (χ2n) is 7.02. The molecule has 0 aliphatic heterocycles. The summed E-state index contributed by atoms with van der Waals surface area (Å²) in [5.74, 6) is -1.08. The Bertz CT molecular complexity index is 1020. The third kappa shape index (κ3) is 3.92. The second kappa shape index (κ2) is 8.37. The molecule has 0 radical (unpaired) electrons. The van der Waals surface area contributed by atoms with Crippen LogP contribution in [-0.4, -0.2) is 25.0 Å². The van der Waals surface area contributed by atoms with E-state index in [9.17, 15) is 9.59 Å². The number of carbonyl (C=O) groups excluding carboxylic acids is 2. The molecule has 1 atom stereocenters. The Hall–Kier alpha value is -2.67. The fourth-order valence-electron chi connectivity index (χ4n) is 3.88. The van der Waals surface area contributed by atoms with Gasteiger partial charge in [-0.2, -0.15) is 0 Å². The number of hydrogen-bond donors (Lipinski definition) is 1. The van der Waals surface area contributed by atoms with E-state index in [1.54, 1.807) is 0 Å². The molecule has 1 N–H and O–H groups in total. The van der Waals surface area contributed by atoms with Gasteiger partial charge in [-0.1, -0.05) is 60.7 Å². The van der Waals surface area contributed by atoms with E-state index >= 15 is 0 Å². The molecular weight excluding hydrogens is 477 g/mol. The van der Waals surface area contributed by atoms with Crippen LogP contribution < -0.4 is 5.32 Å². The van der Waals surface area contributed by atoms with Gasteiger partial charge in [0.15, 0.2) is 0 Å². The van der Waals surface area contributed by atoms with E-state index in [0.717, 1.165) is 31.4 Å². The normalized spacial score (nSPS) is 13.3. The SMILES string of the molecule is COC(=O)[C@H](Cc1ccc(I)cc1)NC(=O)C1c2ccccc2-c2ccccc21. The molecule has 3 aromatic carbocycles. The Labute approximate surface area is 183 Å². The minimum Gasteiger partial charge on any atom is -0.467 e. The summed E-state index contributed by atoms with van der Waals surface area (Å²) in [6.07, 6.45) is 0.380. The van der Waals surface area contributed by atoms with E-state index in [0.29, 0.717) is 6.42 Å². The van der Waals surface area contributed by atoms with Crippen LogP contribution in [0.4, 0.5) is 0 Å². The fourth-order valence-corrected chi connectivity index (χ4v) is 4.24. The standard InChI is InChI=1S/C24H20INO3/c1-29-24(28)21(14-15-10-12-16(25)13-11-15)26-23(27)22-19-8-4-2-6-17(19)18-7-3-5-9-20(18)22/h2-13,21-22H,14H2,1H3,(H,26,27)/t21-/m0/s1. The lowest BCUT2D eigenvalue weighted by Crippen LogP contribution is -2.45. The Morgan fingerprint density at radius 1 is 0.931 bits per heavy atom. The molecule has 0 aromatic heterocycles. The van der Waals surface area contributed by atoms with Gasteiger partial charge >= 0.3 is 5.97 Å². The van der Waals surface area contributed by atoms with Gasteiger partial charge in [-0.15, -0.1) is 0 Å². The number of methoxy groups -OCH3 is 1. The third-order valence-corrected chi connectivity index (χ3v) is 5.97. The number of rotatable bonds is 5. The molecule has 0 saturated heterocycles. The molecule has 0 fully saturated rings. The zero-order valence-corrected chi connectivity index (χ0v) is 18.1. The number of nitrogens with one attached hydrogen (secondary N) is 1. The summed E-state index contributed by atoms with van der Waals surface area (Å²) in [7, 11) is 1.34. The van der Waals surface area contributed by atoms with Crippen molar-refractivity contribution in [3.8, 4) is 11.1 Å².